The van der Waals surface area contributed by atoms with Crippen molar-refractivity contribution >= 4 is 11.6 Å². The number of rotatable bonds is 5. The van der Waals surface area contributed by atoms with Gasteiger partial charge in [0.15, 0.2) is 0 Å². The highest BCUT2D eigenvalue weighted by atomic mass is 16.3. The molecule has 3 rings (SSSR count). The molecule has 0 radical (unpaired) electrons. The van der Waals surface area contributed by atoms with Gasteiger partial charge < -0.3 is 15.1 Å². The summed E-state index contributed by atoms with van der Waals surface area (Å²) in [6, 6.07) is 17.1. The van der Waals surface area contributed by atoms with Gasteiger partial charge in [-0.3, -0.25) is 10.2 Å². The average molecular weight is 364 g/mol. The summed E-state index contributed by atoms with van der Waals surface area (Å²) in [5, 5.41) is 27.7. The summed E-state index contributed by atoms with van der Waals surface area (Å²) >= 11 is 0. The van der Waals surface area contributed by atoms with Crippen LogP contribution < -0.4 is 0 Å². The van der Waals surface area contributed by atoms with E-state index in [0.29, 0.717) is 24.9 Å². The Morgan fingerprint density at radius 1 is 1.15 bits per heavy atom. The molecule has 0 aliphatic carbocycles. The largest absolute Gasteiger partial charge is 0.515 e. The average Bonchev–Trinajstić information content (AvgIpc) is 3.14. The van der Waals surface area contributed by atoms with Crippen LogP contribution in [-0.2, 0) is 4.79 Å². The number of carbonyl (C=O) groups excluding carboxylic acids is 1. The Morgan fingerprint density at radius 2 is 1.81 bits per heavy atom. The highest BCUT2D eigenvalue weighted by Crippen LogP contribution is 2.33. The predicted molar refractivity (Wildman–Crippen MR) is 105 cm³/mol. The van der Waals surface area contributed by atoms with Crippen LogP contribution >= 0.6 is 0 Å². The lowest BCUT2D eigenvalue weighted by Gasteiger charge is -2.18. The Kier molecular flexibility index (Phi) is 5.72. The molecular formula is C22H24N2O3. The zero-order valence-electron chi connectivity index (χ0n) is 15.3. The first-order valence-corrected chi connectivity index (χ1v) is 9.00. The van der Waals surface area contributed by atoms with Gasteiger partial charge in [0.05, 0.1) is 17.5 Å². The lowest BCUT2D eigenvalue weighted by Crippen LogP contribution is -2.33. The molecule has 0 saturated carbocycles. The van der Waals surface area contributed by atoms with E-state index in [1.54, 1.807) is 17.0 Å². The molecule has 140 valence electrons. The standard InChI is InChI=1S/C22H24N2O3/c1-15-7-9-17(10-8-15)21(23)20(14-26)22(27)24-11-18(13-25)19(12-24)16-5-3-2-4-6-16/h2-10,14,18-19,23,25-26H,11-13H2,1H3/b20-14+,23-21?. The monoisotopic (exact) mass is 364 g/mol. The maximum atomic E-state index is 13.0. The molecule has 1 fully saturated rings. The predicted octanol–water partition coefficient (Wildman–Crippen LogP) is 3.04. The van der Waals surface area contributed by atoms with Crippen LogP contribution in [-0.4, -0.2) is 46.4 Å². The number of nitrogens with zero attached hydrogens (tertiary/aromatic N) is 1. The molecule has 1 heterocycles. The second-order valence-corrected chi connectivity index (χ2v) is 6.95. The first-order chi connectivity index (χ1) is 13.0. The number of likely N-dealkylation sites (tertiary alicyclic amines) is 1. The van der Waals surface area contributed by atoms with Crippen molar-refractivity contribution in [1.82, 2.24) is 4.90 Å². The molecule has 1 amide bonds. The van der Waals surface area contributed by atoms with Gasteiger partial charge in [-0.1, -0.05) is 60.2 Å². The fourth-order valence-corrected chi connectivity index (χ4v) is 3.57. The van der Waals surface area contributed by atoms with Crippen molar-refractivity contribution in [2.75, 3.05) is 19.7 Å². The topological polar surface area (TPSA) is 84.6 Å². The quantitative estimate of drug-likeness (QED) is 0.433. The Morgan fingerprint density at radius 3 is 2.41 bits per heavy atom. The number of carbonyl (C=O) groups is 1. The Bertz CT molecular complexity index is 844. The maximum Gasteiger partial charge on any atom is 0.259 e. The summed E-state index contributed by atoms with van der Waals surface area (Å²) < 4.78 is 0. The summed E-state index contributed by atoms with van der Waals surface area (Å²) in [7, 11) is 0. The number of aliphatic hydroxyl groups excluding tert-OH is 2. The summed E-state index contributed by atoms with van der Waals surface area (Å²) in [5.41, 5.74) is 2.67. The minimum absolute atomic E-state index is 0.00814. The molecule has 5 nitrogen and oxygen atoms in total. The van der Waals surface area contributed by atoms with E-state index in [9.17, 15) is 15.0 Å². The number of aliphatic hydroxyl groups is 2. The second-order valence-electron chi connectivity index (χ2n) is 6.95. The van der Waals surface area contributed by atoms with E-state index in [2.05, 4.69) is 0 Å². The Balaban J connectivity index is 1.79. The summed E-state index contributed by atoms with van der Waals surface area (Å²) in [6.07, 6.45) is 0.717. The fraction of sp³-hybridized carbons (Fsp3) is 0.273. The maximum absolute atomic E-state index is 13.0. The van der Waals surface area contributed by atoms with E-state index < -0.39 is 0 Å². The van der Waals surface area contributed by atoms with Crippen LogP contribution in [0.5, 0.6) is 0 Å². The molecule has 0 bridgehead atoms. The van der Waals surface area contributed by atoms with Crippen LogP contribution in [0.3, 0.4) is 0 Å². The molecular weight excluding hydrogens is 340 g/mol. The van der Waals surface area contributed by atoms with Crippen molar-refractivity contribution in [3.8, 4) is 0 Å². The highest BCUT2D eigenvalue weighted by Gasteiger charge is 2.37. The molecule has 1 saturated heterocycles. The van der Waals surface area contributed by atoms with Gasteiger partial charge in [0.1, 0.15) is 0 Å². The van der Waals surface area contributed by atoms with Crippen LogP contribution in [0.2, 0.25) is 0 Å². The zero-order valence-corrected chi connectivity index (χ0v) is 15.3. The van der Waals surface area contributed by atoms with E-state index in [4.69, 9.17) is 5.41 Å². The highest BCUT2D eigenvalue weighted by molar-refractivity contribution is 6.26. The van der Waals surface area contributed by atoms with E-state index in [1.165, 1.54) is 0 Å². The Hall–Kier alpha value is -2.92. The van der Waals surface area contributed by atoms with Crippen molar-refractivity contribution in [1.29, 1.82) is 5.41 Å². The van der Waals surface area contributed by atoms with E-state index in [-0.39, 0.29) is 35.6 Å². The van der Waals surface area contributed by atoms with Crippen LogP contribution in [0.4, 0.5) is 0 Å². The lowest BCUT2D eigenvalue weighted by atomic mass is 9.90. The second kappa shape index (κ2) is 8.18. The molecule has 3 N–H and O–H groups in total. The van der Waals surface area contributed by atoms with Gasteiger partial charge in [-0.2, -0.15) is 0 Å². The minimum Gasteiger partial charge on any atom is -0.515 e. The molecule has 2 unspecified atom stereocenters. The third kappa shape index (κ3) is 3.93. The molecule has 2 aromatic rings. The molecule has 0 spiro atoms. The zero-order chi connectivity index (χ0) is 19.4. The number of hydrogen-bond donors (Lipinski definition) is 3. The van der Waals surface area contributed by atoms with Crippen LogP contribution in [0.1, 0.15) is 22.6 Å². The van der Waals surface area contributed by atoms with Gasteiger partial charge >= 0.3 is 0 Å². The van der Waals surface area contributed by atoms with Crippen molar-refractivity contribution in [2.24, 2.45) is 5.92 Å². The molecule has 5 heteroatoms. The van der Waals surface area contributed by atoms with Crippen LogP contribution in [0, 0.1) is 18.3 Å². The number of aryl methyl sites for hydroxylation is 1. The third-order valence-electron chi connectivity index (χ3n) is 5.16. The molecule has 0 aromatic heterocycles. The van der Waals surface area contributed by atoms with Gasteiger partial charge in [-0.15, -0.1) is 0 Å². The van der Waals surface area contributed by atoms with Crippen molar-refractivity contribution in [3.63, 3.8) is 0 Å². The van der Waals surface area contributed by atoms with Crippen molar-refractivity contribution in [2.45, 2.75) is 12.8 Å². The molecule has 1 aliphatic rings. The van der Waals surface area contributed by atoms with Gasteiger partial charge in [-0.25, -0.2) is 0 Å². The number of benzene rings is 2. The SMILES string of the molecule is Cc1ccc(C(=N)/C(=C\O)C(=O)N2CC(CO)C(c3ccccc3)C2)cc1. The summed E-state index contributed by atoms with van der Waals surface area (Å²) in [4.78, 5) is 14.6. The molecule has 27 heavy (non-hydrogen) atoms. The third-order valence-corrected chi connectivity index (χ3v) is 5.16. The number of hydrogen-bond acceptors (Lipinski definition) is 4. The van der Waals surface area contributed by atoms with E-state index in [1.807, 2.05) is 49.4 Å². The van der Waals surface area contributed by atoms with Crippen molar-refractivity contribution < 1.29 is 15.0 Å². The number of nitrogens with one attached hydrogen (secondary N) is 1. The fourth-order valence-electron chi connectivity index (χ4n) is 3.57. The summed E-state index contributed by atoms with van der Waals surface area (Å²) in [6.45, 7) is 2.78. The summed E-state index contributed by atoms with van der Waals surface area (Å²) in [5.74, 6) is -0.418. The van der Waals surface area contributed by atoms with Crippen LogP contribution in [0.15, 0.2) is 66.4 Å². The number of amides is 1. The van der Waals surface area contributed by atoms with E-state index >= 15 is 0 Å². The van der Waals surface area contributed by atoms with Gasteiger partial charge in [0, 0.05) is 37.1 Å². The van der Waals surface area contributed by atoms with Crippen molar-refractivity contribution in [3.05, 3.63) is 83.1 Å². The van der Waals surface area contributed by atoms with Crippen LogP contribution in [0.25, 0.3) is 0 Å². The molecule has 1 aliphatic heterocycles. The molecule has 2 aromatic carbocycles. The smallest absolute Gasteiger partial charge is 0.259 e. The van der Waals surface area contributed by atoms with E-state index in [0.717, 1.165) is 11.1 Å². The minimum atomic E-state index is -0.389. The van der Waals surface area contributed by atoms with Gasteiger partial charge in [-0.05, 0) is 12.5 Å². The normalized spacial score (nSPS) is 19.9. The molecule has 2 atom stereocenters. The van der Waals surface area contributed by atoms with Gasteiger partial charge in [0.2, 0.25) is 0 Å². The first-order valence-electron chi connectivity index (χ1n) is 9.00. The first kappa shape index (κ1) is 18.9. The van der Waals surface area contributed by atoms with Gasteiger partial charge in [0.25, 0.3) is 5.91 Å². The Labute approximate surface area is 159 Å². The lowest BCUT2D eigenvalue weighted by molar-refractivity contribution is -0.125.